The van der Waals surface area contributed by atoms with Crippen LogP contribution in [0.3, 0.4) is 0 Å². The molecule has 80 valence electrons. The zero-order valence-corrected chi connectivity index (χ0v) is 9.85. The summed E-state index contributed by atoms with van der Waals surface area (Å²) in [6, 6.07) is 0. The van der Waals surface area contributed by atoms with Crippen LogP contribution in [0.5, 0.6) is 0 Å². The summed E-state index contributed by atoms with van der Waals surface area (Å²) in [6.45, 7) is 8.66. The fraction of sp³-hybridized carbons (Fsp3) is 1.00. The van der Waals surface area contributed by atoms with Crippen molar-refractivity contribution in [2.24, 2.45) is 5.41 Å². The van der Waals surface area contributed by atoms with Gasteiger partial charge in [-0.25, -0.2) is 8.42 Å². The molecule has 4 heteroatoms. The molecule has 0 bridgehead atoms. The van der Waals surface area contributed by atoms with Crippen LogP contribution >= 0.6 is 0 Å². The lowest BCUT2D eigenvalue weighted by atomic mass is 9.87. The van der Waals surface area contributed by atoms with E-state index in [0.717, 1.165) is 0 Å². The van der Waals surface area contributed by atoms with E-state index in [0.29, 0.717) is 0 Å². The van der Waals surface area contributed by atoms with Crippen LogP contribution in [0.1, 0.15) is 34.6 Å². The molecule has 0 aromatic rings. The van der Waals surface area contributed by atoms with Gasteiger partial charge < -0.3 is 5.11 Å². The summed E-state index contributed by atoms with van der Waals surface area (Å²) in [5.74, 6) is 0.0846. The molecule has 0 fully saturated rings. The van der Waals surface area contributed by atoms with Crippen LogP contribution in [-0.2, 0) is 9.84 Å². The Morgan fingerprint density at radius 2 is 1.69 bits per heavy atom. The van der Waals surface area contributed by atoms with E-state index in [1.165, 1.54) is 0 Å². The van der Waals surface area contributed by atoms with Gasteiger partial charge >= 0.3 is 0 Å². The van der Waals surface area contributed by atoms with Crippen LogP contribution in [0.4, 0.5) is 0 Å². The minimum absolute atomic E-state index is 0.0846. The van der Waals surface area contributed by atoms with E-state index in [1.54, 1.807) is 13.8 Å². The first-order valence-electron chi connectivity index (χ1n) is 4.52. The Balaban J connectivity index is 4.73. The molecule has 1 N–H and O–H groups in total. The second-order valence-electron chi connectivity index (χ2n) is 4.47. The number of rotatable bonds is 3. The summed E-state index contributed by atoms with van der Waals surface area (Å²) in [4.78, 5) is 0. The maximum absolute atomic E-state index is 11.4. The quantitative estimate of drug-likeness (QED) is 0.758. The van der Waals surface area contributed by atoms with Crippen molar-refractivity contribution in [3.8, 4) is 0 Å². The van der Waals surface area contributed by atoms with Crippen molar-refractivity contribution in [2.45, 2.75) is 46.0 Å². The lowest BCUT2D eigenvalue weighted by molar-refractivity contribution is 0.0626. The highest BCUT2D eigenvalue weighted by atomic mass is 32.2. The standard InChI is InChI=1S/C9H20O3S/c1-6-13(11,12)7(2)8(10)9(3,4)5/h7-8,10H,6H2,1-5H3/t7-,8-/m0/s1. The number of aliphatic hydroxyl groups is 1. The molecule has 0 unspecified atom stereocenters. The van der Waals surface area contributed by atoms with Gasteiger partial charge in [0.15, 0.2) is 9.84 Å². The molecule has 0 aliphatic carbocycles. The van der Waals surface area contributed by atoms with Gasteiger partial charge in [-0.15, -0.1) is 0 Å². The molecule has 0 aliphatic rings. The molecule has 3 nitrogen and oxygen atoms in total. The summed E-state index contributed by atoms with van der Waals surface area (Å²) < 4.78 is 22.9. The van der Waals surface area contributed by atoms with Crippen molar-refractivity contribution in [3.05, 3.63) is 0 Å². The van der Waals surface area contributed by atoms with Crippen LogP contribution in [0, 0.1) is 5.41 Å². The average Bonchev–Trinajstić information content (AvgIpc) is 2.00. The molecular weight excluding hydrogens is 188 g/mol. The van der Waals surface area contributed by atoms with Gasteiger partial charge in [0, 0.05) is 5.75 Å². The van der Waals surface area contributed by atoms with Crippen LogP contribution in [0.15, 0.2) is 0 Å². The van der Waals surface area contributed by atoms with Crippen molar-refractivity contribution in [1.82, 2.24) is 0 Å². The van der Waals surface area contributed by atoms with Gasteiger partial charge in [-0.2, -0.15) is 0 Å². The lowest BCUT2D eigenvalue weighted by Gasteiger charge is -2.30. The van der Waals surface area contributed by atoms with Gasteiger partial charge in [-0.1, -0.05) is 27.7 Å². The average molecular weight is 208 g/mol. The van der Waals surface area contributed by atoms with E-state index in [2.05, 4.69) is 0 Å². The number of aliphatic hydroxyl groups excluding tert-OH is 1. The van der Waals surface area contributed by atoms with E-state index < -0.39 is 21.2 Å². The molecule has 0 aromatic heterocycles. The zero-order valence-electron chi connectivity index (χ0n) is 9.03. The SMILES string of the molecule is CCS(=O)(=O)[C@@H](C)[C@H](O)C(C)(C)C. The second-order valence-corrected chi connectivity index (χ2v) is 7.11. The highest BCUT2D eigenvalue weighted by molar-refractivity contribution is 7.92. The van der Waals surface area contributed by atoms with Crippen molar-refractivity contribution in [1.29, 1.82) is 0 Å². The monoisotopic (exact) mass is 208 g/mol. The third-order valence-corrected chi connectivity index (χ3v) is 4.50. The Morgan fingerprint density at radius 1 is 1.31 bits per heavy atom. The molecule has 0 heterocycles. The summed E-state index contributed by atoms with van der Waals surface area (Å²) in [7, 11) is -3.13. The predicted molar refractivity (Wildman–Crippen MR) is 54.4 cm³/mol. The molecule has 0 amide bonds. The molecule has 0 rings (SSSR count). The molecular formula is C9H20O3S. The number of hydrogen-bond donors (Lipinski definition) is 1. The molecule has 0 aliphatic heterocycles. The molecule has 0 spiro atoms. The van der Waals surface area contributed by atoms with E-state index in [9.17, 15) is 13.5 Å². The summed E-state index contributed by atoms with van der Waals surface area (Å²) in [5, 5.41) is 9.06. The van der Waals surface area contributed by atoms with Gasteiger partial charge in [-0.3, -0.25) is 0 Å². The van der Waals surface area contributed by atoms with E-state index in [4.69, 9.17) is 0 Å². The Bertz CT molecular complexity index is 249. The first-order valence-corrected chi connectivity index (χ1v) is 6.24. The minimum atomic E-state index is -3.13. The maximum Gasteiger partial charge on any atom is 0.155 e. The number of sulfone groups is 1. The van der Waals surface area contributed by atoms with Crippen molar-refractivity contribution in [2.75, 3.05) is 5.75 Å². The topological polar surface area (TPSA) is 54.4 Å². The largest absolute Gasteiger partial charge is 0.391 e. The minimum Gasteiger partial charge on any atom is -0.391 e. The first-order chi connectivity index (χ1) is 5.63. The molecule has 0 saturated carbocycles. The summed E-state index contributed by atoms with van der Waals surface area (Å²) in [5.41, 5.74) is -0.387. The van der Waals surface area contributed by atoms with Crippen LogP contribution in [0.2, 0.25) is 0 Å². The van der Waals surface area contributed by atoms with E-state index in [1.807, 2.05) is 20.8 Å². The van der Waals surface area contributed by atoms with Gasteiger partial charge in [0.2, 0.25) is 0 Å². The zero-order chi connectivity index (χ0) is 10.9. The molecule has 2 atom stereocenters. The van der Waals surface area contributed by atoms with Crippen LogP contribution in [0.25, 0.3) is 0 Å². The summed E-state index contributed by atoms with van der Waals surface area (Å²) >= 11 is 0. The molecule has 0 saturated heterocycles. The van der Waals surface area contributed by atoms with Gasteiger partial charge in [-0.05, 0) is 12.3 Å². The molecule has 0 aromatic carbocycles. The normalized spacial score (nSPS) is 18.3. The predicted octanol–water partition coefficient (Wildman–Crippen LogP) is 1.22. The van der Waals surface area contributed by atoms with Crippen molar-refractivity contribution >= 4 is 9.84 Å². The van der Waals surface area contributed by atoms with E-state index in [-0.39, 0.29) is 11.2 Å². The second kappa shape index (κ2) is 3.96. The fourth-order valence-electron chi connectivity index (χ4n) is 1.16. The van der Waals surface area contributed by atoms with Crippen molar-refractivity contribution < 1.29 is 13.5 Å². The van der Waals surface area contributed by atoms with Crippen molar-refractivity contribution in [3.63, 3.8) is 0 Å². The Labute approximate surface area is 81.1 Å². The number of hydrogen-bond acceptors (Lipinski definition) is 3. The Morgan fingerprint density at radius 3 is 1.92 bits per heavy atom. The maximum atomic E-state index is 11.4. The Kier molecular flexibility index (Phi) is 3.94. The molecule has 0 radical (unpaired) electrons. The summed E-state index contributed by atoms with van der Waals surface area (Å²) in [6.07, 6.45) is -0.808. The highest BCUT2D eigenvalue weighted by Gasteiger charge is 2.34. The fourth-order valence-corrected chi connectivity index (χ4v) is 2.49. The third-order valence-electron chi connectivity index (χ3n) is 2.30. The van der Waals surface area contributed by atoms with Gasteiger partial charge in [0.1, 0.15) is 0 Å². The van der Waals surface area contributed by atoms with E-state index >= 15 is 0 Å². The van der Waals surface area contributed by atoms with Crippen LogP contribution in [-0.4, -0.2) is 30.6 Å². The van der Waals surface area contributed by atoms with Crippen LogP contribution < -0.4 is 0 Å². The van der Waals surface area contributed by atoms with Gasteiger partial charge in [0.25, 0.3) is 0 Å². The highest BCUT2D eigenvalue weighted by Crippen LogP contribution is 2.25. The van der Waals surface area contributed by atoms with Gasteiger partial charge in [0.05, 0.1) is 11.4 Å². The smallest absolute Gasteiger partial charge is 0.155 e. The Hall–Kier alpha value is -0.0900. The third kappa shape index (κ3) is 3.27. The first kappa shape index (κ1) is 12.9. The molecule has 13 heavy (non-hydrogen) atoms. The lowest BCUT2D eigenvalue weighted by Crippen LogP contribution is -2.41.